The topological polar surface area (TPSA) is 89.3 Å². The quantitative estimate of drug-likeness (QED) is 0.716. The number of carbonyl (C=O) groups excluding carboxylic acids is 1. The van der Waals surface area contributed by atoms with E-state index in [0.717, 1.165) is 11.3 Å². The molecule has 0 aliphatic carbocycles. The van der Waals surface area contributed by atoms with E-state index in [9.17, 15) is 4.79 Å². The summed E-state index contributed by atoms with van der Waals surface area (Å²) >= 11 is 1.30. The molecule has 2 aromatic heterocycles. The highest BCUT2D eigenvalue weighted by Crippen LogP contribution is 2.20. The van der Waals surface area contributed by atoms with Crippen molar-refractivity contribution in [3.63, 3.8) is 0 Å². The molecule has 0 radical (unpaired) electrons. The molecule has 0 aliphatic heterocycles. The van der Waals surface area contributed by atoms with Crippen molar-refractivity contribution in [3.05, 3.63) is 53.8 Å². The summed E-state index contributed by atoms with van der Waals surface area (Å²) in [6, 6.07) is 10.3. The molecule has 1 atom stereocenters. The molecule has 1 aromatic carbocycles. The van der Waals surface area contributed by atoms with Crippen LogP contribution in [0.4, 0.5) is 10.5 Å². The average molecular weight is 344 g/mol. The zero-order valence-electron chi connectivity index (χ0n) is 12.9. The van der Waals surface area contributed by atoms with Crippen LogP contribution >= 0.6 is 11.5 Å². The molecule has 3 rings (SSSR count). The molecule has 0 spiro atoms. The van der Waals surface area contributed by atoms with Crippen LogP contribution in [0, 0.1) is 0 Å². The van der Waals surface area contributed by atoms with Crippen LogP contribution in [0.25, 0.3) is 11.3 Å². The number of furan rings is 1. The van der Waals surface area contributed by atoms with E-state index in [1.807, 2.05) is 29.6 Å². The summed E-state index contributed by atoms with van der Waals surface area (Å²) in [5, 5.41) is 11.5. The number of rotatable bonds is 6. The molecule has 2 amide bonds. The predicted octanol–water partition coefficient (Wildman–Crippen LogP) is 3.31. The van der Waals surface area contributed by atoms with Gasteiger partial charge in [-0.1, -0.05) is 16.6 Å². The summed E-state index contributed by atoms with van der Waals surface area (Å²) in [6.07, 6.45) is 1.56. The zero-order valence-corrected chi connectivity index (χ0v) is 13.7. The van der Waals surface area contributed by atoms with Gasteiger partial charge in [0.25, 0.3) is 0 Å². The first-order valence-electron chi connectivity index (χ1n) is 7.23. The molecular formula is C16H16N4O3S. The Hall–Kier alpha value is -2.71. The first kappa shape index (κ1) is 16.2. The summed E-state index contributed by atoms with van der Waals surface area (Å²) in [5.41, 5.74) is 2.44. The van der Waals surface area contributed by atoms with Gasteiger partial charge in [0.2, 0.25) is 0 Å². The van der Waals surface area contributed by atoms with Crippen LogP contribution in [0.2, 0.25) is 0 Å². The van der Waals surface area contributed by atoms with Gasteiger partial charge in [-0.2, -0.15) is 0 Å². The van der Waals surface area contributed by atoms with Crippen LogP contribution in [-0.2, 0) is 4.74 Å². The molecule has 2 N–H and O–H groups in total. The van der Waals surface area contributed by atoms with E-state index in [-0.39, 0.29) is 12.1 Å². The van der Waals surface area contributed by atoms with E-state index >= 15 is 0 Å². The molecular weight excluding hydrogens is 328 g/mol. The maximum atomic E-state index is 12.2. The number of amides is 2. The minimum Gasteiger partial charge on any atom is -0.467 e. The van der Waals surface area contributed by atoms with Crippen molar-refractivity contribution in [2.24, 2.45) is 0 Å². The number of anilines is 1. The molecule has 24 heavy (non-hydrogen) atoms. The number of ether oxygens (including phenoxy) is 1. The third-order valence-corrected chi connectivity index (χ3v) is 3.83. The van der Waals surface area contributed by atoms with Crippen LogP contribution in [0.1, 0.15) is 11.8 Å². The lowest BCUT2D eigenvalue weighted by Gasteiger charge is -2.16. The molecule has 8 heteroatoms. The van der Waals surface area contributed by atoms with E-state index < -0.39 is 0 Å². The lowest BCUT2D eigenvalue weighted by Crippen LogP contribution is -2.34. The fourth-order valence-electron chi connectivity index (χ4n) is 2.19. The second-order valence-corrected chi connectivity index (χ2v) is 5.60. The second kappa shape index (κ2) is 7.71. The molecule has 0 fully saturated rings. The highest BCUT2D eigenvalue weighted by molar-refractivity contribution is 7.03. The second-order valence-electron chi connectivity index (χ2n) is 4.99. The largest absolute Gasteiger partial charge is 0.467 e. The lowest BCUT2D eigenvalue weighted by atomic mass is 10.1. The Morgan fingerprint density at radius 1 is 1.33 bits per heavy atom. The SMILES string of the molecule is COC[C@@H](NC(=O)Nc1ccc(-c2csnn2)cc1)c1ccco1. The van der Waals surface area contributed by atoms with Crippen LogP contribution in [0.3, 0.4) is 0 Å². The van der Waals surface area contributed by atoms with Crippen molar-refractivity contribution >= 4 is 23.3 Å². The first-order chi connectivity index (χ1) is 11.8. The fourth-order valence-corrected chi connectivity index (χ4v) is 2.66. The summed E-state index contributed by atoms with van der Waals surface area (Å²) in [6.45, 7) is 0.316. The average Bonchev–Trinajstić information content (AvgIpc) is 3.29. The third kappa shape index (κ3) is 3.98. The fraction of sp³-hybridized carbons (Fsp3) is 0.188. The van der Waals surface area contributed by atoms with Crippen molar-refractivity contribution in [1.29, 1.82) is 0 Å². The highest BCUT2D eigenvalue weighted by Gasteiger charge is 2.17. The van der Waals surface area contributed by atoms with Crippen LogP contribution in [0.5, 0.6) is 0 Å². The van der Waals surface area contributed by atoms with Crippen molar-refractivity contribution in [2.45, 2.75) is 6.04 Å². The molecule has 0 saturated heterocycles. The van der Waals surface area contributed by atoms with E-state index in [4.69, 9.17) is 9.15 Å². The number of nitrogens with one attached hydrogen (secondary N) is 2. The van der Waals surface area contributed by atoms with Gasteiger partial charge >= 0.3 is 6.03 Å². The maximum absolute atomic E-state index is 12.2. The molecule has 0 saturated carbocycles. The number of benzene rings is 1. The van der Waals surface area contributed by atoms with Crippen LogP contribution < -0.4 is 10.6 Å². The van der Waals surface area contributed by atoms with Gasteiger partial charge in [0.05, 0.1) is 12.9 Å². The standard InChI is InChI=1S/C16H16N4O3S/c1-22-9-13(15-3-2-8-23-15)18-16(21)17-12-6-4-11(5-7-12)14-10-24-20-19-14/h2-8,10,13H,9H2,1H3,(H2,17,18,21)/t13-/m1/s1. The van der Waals surface area contributed by atoms with Crippen molar-refractivity contribution in [1.82, 2.24) is 14.9 Å². The zero-order chi connectivity index (χ0) is 16.8. The van der Waals surface area contributed by atoms with E-state index in [1.165, 1.54) is 11.5 Å². The third-order valence-electron chi connectivity index (χ3n) is 3.32. The summed E-state index contributed by atoms with van der Waals surface area (Å²) < 4.78 is 14.3. The van der Waals surface area contributed by atoms with Crippen molar-refractivity contribution < 1.29 is 13.9 Å². The Balaban J connectivity index is 1.61. The van der Waals surface area contributed by atoms with Gasteiger partial charge in [0.15, 0.2) is 0 Å². The maximum Gasteiger partial charge on any atom is 0.319 e. The Labute approximate surface area is 142 Å². The first-order valence-corrected chi connectivity index (χ1v) is 8.07. The summed E-state index contributed by atoms with van der Waals surface area (Å²) in [5.74, 6) is 0.637. The highest BCUT2D eigenvalue weighted by atomic mass is 32.1. The van der Waals surface area contributed by atoms with Crippen LogP contribution in [-0.4, -0.2) is 29.3 Å². The Bertz CT molecular complexity index is 757. The lowest BCUT2D eigenvalue weighted by molar-refractivity contribution is 0.159. The molecule has 0 unspecified atom stereocenters. The molecule has 124 valence electrons. The summed E-state index contributed by atoms with van der Waals surface area (Å²) in [7, 11) is 1.57. The summed E-state index contributed by atoms with van der Waals surface area (Å²) in [4.78, 5) is 12.2. The number of urea groups is 1. The van der Waals surface area contributed by atoms with E-state index in [1.54, 1.807) is 25.5 Å². The van der Waals surface area contributed by atoms with E-state index in [0.29, 0.717) is 18.1 Å². The molecule has 0 bridgehead atoms. The number of hydrogen-bond donors (Lipinski definition) is 2. The predicted molar refractivity (Wildman–Crippen MR) is 90.8 cm³/mol. The van der Waals surface area contributed by atoms with Gasteiger partial charge in [0, 0.05) is 23.7 Å². The van der Waals surface area contributed by atoms with Gasteiger partial charge in [-0.15, -0.1) is 5.10 Å². The van der Waals surface area contributed by atoms with Gasteiger partial charge in [-0.25, -0.2) is 4.79 Å². The van der Waals surface area contributed by atoms with Gasteiger partial charge in [0.1, 0.15) is 17.5 Å². The van der Waals surface area contributed by atoms with Gasteiger partial charge < -0.3 is 19.8 Å². The van der Waals surface area contributed by atoms with Crippen molar-refractivity contribution in [3.8, 4) is 11.3 Å². The number of hydrogen-bond acceptors (Lipinski definition) is 6. The van der Waals surface area contributed by atoms with Crippen LogP contribution in [0.15, 0.2) is 52.5 Å². The number of carbonyl (C=O) groups is 1. The minimum absolute atomic E-state index is 0.316. The number of aromatic nitrogens is 2. The normalized spacial score (nSPS) is 11.9. The number of nitrogens with zero attached hydrogens (tertiary/aromatic N) is 2. The monoisotopic (exact) mass is 344 g/mol. The Morgan fingerprint density at radius 2 is 2.17 bits per heavy atom. The van der Waals surface area contributed by atoms with E-state index in [2.05, 4.69) is 20.2 Å². The van der Waals surface area contributed by atoms with Gasteiger partial charge in [-0.05, 0) is 35.8 Å². The Kier molecular flexibility index (Phi) is 5.19. The van der Waals surface area contributed by atoms with Crippen molar-refractivity contribution in [2.75, 3.05) is 19.0 Å². The molecule has 0 aliphatic rings. The molecule has 7 nitrogen and oxygen atoms in total. The molecule has 3 aromatic rings. The molecule has 2 heterocycles. The Morgan fingerprint density at radius 3 is 2.79 bits per heavy atom. The number of methoxy groups -OCH3 is 1. The van der Waals surface area contributed by atoms with Gasteiger partial charge in [-0.3, -0.25) is 0 Å². The minimum atomic E-state index is -0.356. The smallest absolute Gasteiger partial charge is 0.319 e.